The molecule has 0 radical (unpaired) electrons. The van der Waals surface area contributed by atoms with Crippen LogP contribution in [0.25, 0.3) is 0 Å². The van der Waals surface area contributed by atoms with Gasteiger partial charge in [0.2, 0.25) is 0 Å². The van der Waals surface area contributed by atoms with Crippen LogP contribution in [0.5, 0.6) is 0 Å². The second-order valence-corrected chi connectivity index (χ2v) is 2.59. The van der Waals surface area contributed by atoms with E-state index in [1.807, 2.05) is 0 Å². The Morgan fingerprint density at radius 3 is 2.27 bits per heavy atom. The highest BCUT2D eigenvalue weighted by molar-refractivity contribution is 7.82. The highest BCUT2D eigenvalue weighted by atomic mass is 32.1. The molecular weight excluding hydrogens is 164 g/mol. The van der Waals surface area contributed by atoms with Gasteiger partial charge in [0.05, 0.1) is 11.3 Å². The molecule has 4 heteroatoms. The Bertz CT molecular complexity index is 186. The standard InChI is InChI=1S/C7H10O3S/c1-2-6(11)5(8)3-4-7(9)10/h2-4H2,1H3,(H,9,10). The first kappa shape index (κ1) is 10.2. The van der Waals surface area contributed by atoms with Gasteiger partial charge in [-0.2, -0.15) is 0 Å². The van der Waals surface area contributed by atoms with Gasteiger partial charge in [-0.25, -0.2) is 0 Å². The lowest BCUT2D eigenvalue weighted by molar-refractivity contribution is -0.138. The van der Waals surface area contributed by atoms with Crippen molar-refractivity contribution in [2.24, 2.45) is 0 Å². The van der Waals surface area contributed by atoms with Gasteiger partial charge in [0.15, 0.2) is 5.78 Å². The summed E-state index contributed by atoms with van der Waals surface area (Å²) in [5.41, 5.74) is 0. The molecule has 0 heterocycles. The molecule has 0 aromatic heterocycles. The summed E-state index contributed by atoms with van der Waals surface area (Å²) in [7, 11) is 0. The molecule has 0 atom stereocenters. The Hall–Kier alpha value is -0.770. The minimum atomic E-state index is -0.961. The summed E-state index contributed by atoms with van der Waals surface area (Å²) >= 11 is 4.69. The Morgan fingerprint density at radius 1 is 1.36 bits per heavy atom. The fraction of sp³-hybridized carbons (Fsp3) is 0.571. The van der Waals surface area contributed by atoms with E-state index < -0.39 is 5.97 Å². The average Bonchev–Trinajstić information content (AvgIpc) is 1.98. The molecule has 0 saturated carbocycles. The van der Waals surface area contributed by atoms with Gasteiger partial charge in [0.1, 0.15) is 0 Å². The zero-order valence-corrected chi connectivity index (χ0v) is 7.11. The first-order valence-electron chi connectivity index (χ1n) is 3.35. The number of Topliss-reactive ketones (excluding diaryl/α,β-unsaturated/α-hetero) is 1. The van der Waals surface area contributed by atoms with Crippen molar-refractivity contribution in [2.75, 3.05) is 0 Å². The minimum Gasteiger partial charge on any atom is -0.481 e. The molecular formula is C7H10O3S. The molecule has 0 saturated heterocycles. The van der Waals surface area contributed by atoms with Crippen LogP contribution in [0.4, 0.5) is 0 Å². The first-order valence-corrected chi connectivity index (χ1v) is 3.76. The van der Waals surface area contributed by atoms with Gasteiger partial charge >= 0.3 is 5.97 Å². The lowest BCUT2D eigenvalue weighted by atomic mass is 10.1. The lowest BCUT2D eigenvalue weighted by Gasteiger charge is -1.95. The number of rotatable bonds is 5. The first-order chi connectivity index (χ1) is 5.07. The van der Waals surface area contributed by atoms with Crippen LogP contribution in [0, 0.1) is 0 Å². The fourth-order valence-electron chi connectivity index (χ4n) is 0.557. The average molecular weight is 174 g/mol. The van der Waals surface area contributed by atoms with Gasteiger partial charge in [-0.05, 0) is 6.42 Å². The maximum absolute atomic E-state index is 10.9. The molecule has 0 rings (SSSR count). The van der Waals surface area contributed by atoms with E-state index >= 15 is 0 Å². The van der Waals surface area contributed by atoms with Crippen LogP contribution in [0.3, 0.4) is 0 Å². The van der Waals surface area contributed by atoms with Gasteiger partial charge in [-0.15, -0.1) is 0 Å². The van der Waals surface area contributed by atoms with Crippen molar-refractivity contribution in [1.29, 1.82) is 0 Å². The van der Waals surface area contributed by atoms with Crippen molar-refractivity contribution >= 4 is 28.8 Å². The maximum atomic E-state index is 10.9. The molecule has 0 bridgehead atoms. The van der Waals surface area contributed by atoms with E-state index in [0.29, 0.717) is 11.3 Å². The number of carbonyl (C=O) groups excluding carboxylic acids is 1. The van der Waals surface area contributed by atoms with Crippen molar-refractivity contribution in [3.05, 3.63) is 0 Å². The highest BCUT2D eigenvalue weighted by Gasteiger charge is 2.08. The van der Waals surface area contributed by atoms with Crippen molar-refractivity contribution in [2.45, 2.75) is 26.2 Å². The molecule has 1 N–H and O–H groups in total. The molecule has 0 aliphatic carbocycles. The number of hydrogen-bond acceptors (Lipinski definition) is 3. The number of carboxylic acids is 1. The quantitative estimate of drug-likeness (QED) is 0.636. The van der Waals surface area contributed by atoms with Crippen LogP contribution in [-0.2, 0) is 9.59 Å². The summed E-state index contributed by atoms with van der Waals surface area (Å²) in [6.07, 6.45) is 0.425. The largest absolute Gasteiger partial charge is 0.481 e. The summed E-state index contributed by atoms with van der Waals surface area (Å²) in [4.78, 5) is 21.2. The van der Waals surface area contributed by atoms with E-state index in [1.54, 1.807) is 6.92 Å². The van der Waals surface area contributed by atoms with Crippen LogP contribution in [0.1, 0.15) is 26.2 Å². The minimum absolute atomic E-state index is 0.0298. The monoisotopic (exact) mass is 174 g/mol. The smallest absolute Gasteiger partial charge is 0.303 e. The molecule has 3 nitrogen and oxygen atoms in total. The van der Waals surface area contributed by atoms with E-state index in [0.717, 1.165) is 0 Å². The van der Waals surface area contributed by atoms with E-state index in [2.05, 4.69) is 12.2 Å². The van der Waals surface area contributed by atoms with Crippen LogP contribution in [0.15, 0.2) is 0 Å². The fourth-order valence-corrected chi connectivity index (χ4v) is 0.659. The molecule has 11 heavy (non-hydrogen) atoms. The Morgan fingerprint density at radius 2 is 1.91 bits per heavy atom. The number of carboxylic acid groups (broad SMARTS) is 1. The van der Waals surface area contributed by atoms with Gasteiger partial charge in [-0.3, -0.25) is 9.59 Å². The number of aliphatic carboxylic acids is 1. The summed E-state index contributed by atoms with van der Waals surface area (Å²) in [6.45, 7) is 1.78. The van der Waals surface area contributed by atoms with E-state index in [4.69, 9.17) is 5.11 Å². The second kappa shape index (κ2) is 4.96. The zero-order valence-electron chi connectivity index (χ0n) is 6.29. The third-order valence-corrected chi connectivity index (χ3v) is 1.71. The number of thiocarbonyl (C=S) groups is 1. The summed E-state index contributed by atoms with van der Waals surface area (Å²) in [6, 6.07) is 0. The van der Waals surface area contributed by atoms with Crippen molar-refractivity contribution in [3.8, 4) is 0 Å². The van der Waals surface area contributed by atoms with Crippen molar-refractivity contribution in [3.63, 3.8) is 0 Å². The maximum Gasteiger partial charge on any atom is 0.303 e. The topological polar surface area (TPSA) is 54.4 Å². The van der Waals surface area contributed by atoms with Crippen LogP contribution < -0.4 is 0 Å². The third-order valence-electron chi connectivity index (χ3n) is 1.20. The molecule has 0 spiro atoms. The van der Waals surface area contributed by atoms with E-state index in [1.165, 1.54) is 0 Å². The zero-order chi connectivity index (χ0) is 8.85. The molecule has 0 aliphatic heterocycles. The molecule has 0 amide bonds. The molecule has 0 aromatic rings. The second-order valence-electron chi connectivity index (χ2n) is 2.09. The van der Waals surface area contributed by atoms with Crippen molar-refractivity contribution in [1.82, 2.24) is 0 Å². The van der Waals surface area contributed by atoms with Gasteiger partial charge in [0, 0.05) is 6.42 Å². The molecule has 62 valence electrons. The molecule has 0 aromatic carbocycles. The predicted molar refractivity (Wildman–Crippen MR) is 44.8 cm³/mol. The Labute approximate surface area is 70.4 Å². The van der Waals surface area contributed by atoms with Gasteiger partial charge in [0.25, 0.3) is 0 Å². The lowest BCUT2D eigenvalue weighted by Crippen LogP contribution is -2.11. The van der Waals surface area contributed by atoms with Gasteiger partial charge in [-0.1, -0.05) is 19.1 Å². The molecule has 0 fully saturated rings. The molecule has 0 aliphatic rings. The van der Waals surface area contributed by atoms with E-state index in [9.17, 15) is 9.59 Å². The number of ketones is 1. The Balaban J connectivity index is 3.70. The SMILES string of the molecule is CCC(=S)C(=O)CCC(=O)O. The van der Waals surface area contributed by atoms with Gasteiger partial charge < -0.3 is 5.11 Å². The van der Waals surface area contributed by atoms with Crippen molar-refractivity contribution < 1.29 is 14.7 Å². The highest BCUT2D eigenvalue weighted by Crippen LogP contribution is 1.96. The van der Waals surface area contributed by atoms with Crippen LogP contribution in [-0.4, -0.2) is 21.7 Å². The van der Waals surface area contributed by atoms with Crippen LogP contribution in [0.2, 0.25) is 0 Å². The van der Waals surface area contributed by atoms with E-state index in [-0.39, 0.29) is 18.6 Å². The number of hydrogen-bond donors (Lipinski definition) is 1. The van der Waals surface area contributed by atoms with Crippen LogP contribution >= 0.6 is 12.2 Å². The predicted octanol–water partition coefficient (Wildman–Crippen LogP) is 1.20. The summed E-state index contributed by atoms with van der Waals surface area (Å²) < 4.78 is 0. The molecule has 0 unspecified atom stereocenters. The normalized spacial score (nSPS) is 9.18. The summed E-state index contributed by atoms with van der Waals surface area (Å²) in [5, 5.41) is 8.22. The summed E-state index contributed by atoms with van der Waals surface area (Å²) in [5.74, 6) is -1.18. The number of carbonyl (C=O) groups is 2. The Kier molecular flexibility index (Phi) is 4.61. The third kappa shape index (κ3) is 4.61.